The number of carbonyl (C=O) groups excluding carboxylic acids is 1. The Balaban J connectivity index is 1.27. The van der Waals surface area contributed by atoms with Gasteiger partial charge < -0.3 is 14.5 Å². The van der Waals surface area contributed by atoms with Crippen LogP contribution in [0.25, 0.3) is 11.0 Å². The van der Waals surface area contributed by atoms with Gasteiger partial charge in [0, 0.05) is 38.0 Å². The number of ether oxygens (including phenoxy) is 1. The molecule has 3 unspecified atom stereocenters. The Hall–Kier alpha value is -2.22. The van der Waals surface area contributed by atoms with Gasteiger partial charge in [-0.2, -0.15) is 5.10 Å². The molecule has 4 aliphatic rings. The molecule has 8 heteroatoms. The average molecular weight is 399 g/mol. The van der Waals surface area contributed by atoms with Gasteiger partial charge in [-0.1, -0.05) is 0 Å². The van der Waals surface area contributed by atoms with Gasteiger partial charge in [0.2, 0.25) is 5.91 Å². The van der Waals surface area contributed by atoms with Crippen molar-refractivity contribution in [2.24, 2.45) is 5.92 Å². The van der Waals surface area contributed by atoms with E-state index in [2.05, 4.69) is 9.88 Å². The molecule has 5 heterocycles. The number of halogens is 1. The molecule has 1 aliphatic carbocycles. The Morgan fingerprint density at radius 3 is 2.66 bits per heavy atom. The Labute approximate surface area is 168 Å². The molecule has 0 spiro atoms. The predicted octanol–water partition coefficient (Wildman–Crippen LogP) is 2.67. The number of fused-ring (bicyclic) bond motifs is 3. The number of carbonyl (C=O) groups is 1. The maximum atomic E-state index is 13.4. The van der Waals surface area contributed by atoms with E-state index in [1.807, 2.05) is 28.0 Å². The van der Waals surface area contributed by atoms with Crippen molar-refractivity contribution >= 4 is 22.6 Å². The summed E-state index contributed by atoms with van der Waals surface area (Å²) in [6, 6.07) is 2.36. The second-order valence-electron chi connectivity index (χ2n) is 8.89. The molecule has 2 bridgehead atoms. The summed E-state index contributed by atoms with van der Waals surface area (Å²) >= 11 is 0. The summed E-state index contributed by atoms with van der Waals surface area (Å²) in [6.45, 7) is 2.33. The molecule has 0 N–H and O–H groups in total. The van der Waals surface area contributed by atoms with Gasteiger partial charge in [0.1, 0.15) is 23.4 Å². The molecular weight excluding hydrogens is 373 g/mol. The van der Waals surface area contributed by atoms with Crippen LogP contribution in [0.3, 0.4) is 0 Å². The van der Waals surface area contributed by atoms with Gasteiger partial charge in [-0.25, -0.2) is 9.07 Å². The van der Waals surface area contributed by atoms with Crippen LogP contribution in [0.1, 0.15) is 44.8 Å². The van der Waals surface area contributed by atoms with Crippen LogP contribution in [0.2, 0.25) is 0 Å². The number of hydrogen-bond acceptors (Lipinski definition) is 5. The highest BCUT2D eigenvalue weighted by molar-refractivity contribution is 5.88. The van der Waals surface area contributed by atoms with Crippen molar-refractivity contribution in [2.45, 2.75) is 63.0 Å². The minimum absolute atomic E-state index is 0.0105. The third-order valence-corrected chi connectivity index (χ3v) is 6.96. The number of alkyl halides is 1. The van der Waals surface area contributed by atoms with Gasteiger partial charge in [0.25, 0.3) is 0 Å². The third kappa shape index (κ3) is 2.91. The normalized spacial score (nSPS) is 34.0. The molecule has 29 heavy (non-hydrogen) atoms. The highest BCUT2D eigenvalue weighted by Crippen LogP contribution is 2.41. The molecule has 1 saturated carbocycles. The molecule has 7 nitrogen and oxygen atoms in total. The lowest BCUT2D eigenvalue weighted by Gasteiger charge is -2.42. The van der Waals surface area contributed by atoms with Crippen LogP contribution in [0.4, 0.5) is 10.1 Å². The van der Waals surface area contributed by atoms with E-state index >= 15 is 0 Å². The Morgan fingerprint density at radius 1 is 1.17 bits per heavy atom. The zero-order chi connectivity index (χ0) is 19.5. The fourth-order valence-corrected chi connectivity index (χ4v) is 5.33. The Morgan fingerprint density at radius 2 is 1.97 bits per heavy atom. The lowest BCUT2D eigenvalue weighted by Crippen LogP contribution is -2.56. The van der Waals surface area contributed by atoms with Gasteiger partial charge >= 0.3 is 0 Å². The van der Waals surface area contributed by atoms with E-state index in [1.54, 1.807) is 0 Å². The van der Waals surface area contributed by atoms with Gasteiger partial charge in [0.05, 0.1) is 17.8 Å². The minimum atomic E-state index is -0.925. The minimum Gasteiger partial charge on any atom is -0.365 e. The van der Waals surface area contributed by atoms with E-state index in [1.165, 1.54) is 0 Å². The summed E-state index contributed by atoms with van der Waals surface area (Å²) in [5.74, 6) is -0.355. The molecular formula is C21H26FN5O2. The molecule has 154 valence electrons. The third-order valence-electron chi connectivity index (χ3n) is 6.96. The summed E-state index contributed by atoms with van der Waals surface area (Å²) < 4.78 is 21.2. The van der Waals surface area contributed by atoms with Crippen molar-refractivity contribution in [3.63, 3.8) is 0 Å². The predicted molar refractivity (Wildman–Crippen MR) is 105 cm³/mol. The van der Waals surface area contributed by atoms with Crippen LogP contribution in [-0.4, -0.2) is 63.5 Å². The Bertz CT molecular complexity index is 928. The van der Waals surface area contributed by atoms with Crippen LogP contribution in [-0.2, 0) is 9.53 Å². The Kier molecular flexibility index (Phi) is 4.04. The van der Waals surface area contributed by atoms with Crippen molar-refractivity contribution in [1.82, 2.24) is 19.7 Å². The van der Waals surface area contributed by atoms with E-state index in [0.717, 1.165) is 68.5 Å². The van der Waals surface area contributed by atoms with Crippen molar-refractivity contribution in [3.05, 3.63) is 18.5 Å². The summed E-state index contributed by atoms with van der Waals surface area (Å²) in [4.78, 5) is 21.5. The maximum Gasteiger partial charge on any atom is 0.229 e. The van der Waals surface area contributed by atoms with Crippen LogP contribution >= 0.6 is 0 Å². The highest BCUT2D eigenvalue weighted by Gasteiger charge is 2.51. The standard InChI is InChI=1S/C21H26FN5O2/c22-16-9-15(16)21(28)27-13-4-5-14(27)11-25(10-13)18-6-7-23-17-12-26(24-20(17)18)19-3-1-2-8-29-19/h6-7,12-16,19H,1-5,8-11H2/t13?,14?,15-,16-,19?/m1/s1. The fraction of sp³-hybridized carbons (Fsp3) is 0.667. The van der Waals surface area contributed by atoms with E-state index < -0.39 is 6.17 Å². The van der Waals surface area contributed by atoms with Gasteiger partial charge in [-0.3, -0.25) is 9.78 Å². The van der Waals surface area contributed by atoms with Gasteiger partial charge in [-0.05, 0) is 44.6 Å². The largest absolute Gasteiger partial charge is 0.365 e. The molecule has 0 radical (unpaired) electrons. The lowest BCUT2D eigenvalue weighted by atomic mass is 10.1. The van der Waals surface area contributed by atoms with Gasteiger partial charge in [0.15, 0.2) is 0 Å². The van der Waals surface area contributed by atoms with Crippen LogP contribution in [0, 0.1) is 5.92 Å². The SMILES string of the molecule is O=C([C@@H]1C[C@H]1F)N1C2CCC1CN(c1ccnc3cn(C4CCCCO4)nc13)C2. The summed E-state index contributed by atoms with van der Waals surface area (Å²) in [5.41, 5.74) is 2.84. The van der Waals surface area contributed by atoms with Crippen molar-refractivity contribution in [2.75, 3.05) is 24.6 Å². The van der Waals surface area contributed by atoms with E-state index in [4.69, 9.17) is 9.84 Å². The molecule has 4 fully saturated rings. The van der Waals surface area contributed by atoms with E-state index in [0.29, 0.717) is 6.42 Å². The van der Waals surface area contributed by atoms with E-state index in [-0.39, 0.29) is 30.1 Å². The zero-order valence-corrected chi connectivity index (χ0v) is 16.4. The van der Waals surface area contributed by atoms with Crippen molar-refractivity contribution in [1.29, 1.82) is 0 Å². The summed E-state index contributed by atoms with van der Waals surface area (Å²) in [7, 11) is 0. The summed E-state index contributed by atoms with van der Waals surface area (Å²) in [5, 5.41) is 4.84. The van der Waals surface area contributed by atoms with Crippen LogP contribution in [0.5, 0.6) is 0 Å². The number of nitrogens with zero attached hydrogens (tertiary/aromatic N) is 5. The molecule has 0 aromatic carbocycles. The second kappa shape index (κ2) is 6.65. The molecule has 6 rings (SSSR count). The first-order chi connectivity index (χ1) is 14.2. The number of amides is 1. The lowest BCUT2D eigenvalue weighted by molar-refractivity contribution is -0.136. The number of hydrogen-bond donors (Lipinski definition) is 0. The number of anilines is 1. The van der Waals surface area contributed by atoms with Gasteiger partial charge in [-0.15, -0.1) is 0 Å². The van der Waals surface area contributed by atoms with E-state index in [9.17, 15) is 9.18 Å². The molecule has 2 aromatic heterocycles. The number of pyridine rings is 1. The van der Waals surface area contributed by atoms with Crippen LogP contribution in [0.15, 0.2) is 18.5 Å². The fourth-order valence-electron chi connectivity index (χ4n) is 5.33. The molecule has 5 atom stereocenters. The molecule has 3 aliphatic heterocycles. The molecule has 2 aromatic rings. The van der Waals surface area contributed by atoms with Crippen molar-refractivity contribution in [3.8, 4) is 0 Å². The number of aromatic nitrogens is 3. The maximum absolute atomic E-state index is 13.4. The zero-order valence-electron chi connectivity index (χ0n) is 16.4. The quantitative estimate of drug-likeness (QED) is 0.794. The monoisotopic (exact) mass is 399 g/mol. The second-order valence-corrected chi connectivity index (χ2v) is 8.89. The smallest absolute Gasteiger partial charge is 0.229 e. The van der Waals surface area contributed by atoms with Crippen molar-refractivity contribution < 1.29 is 13.9 Å². The number of rotatable bonds is 3. The first kappa shape index (κ1) is 17.6. The first-order valence-corrected chi connectivity index (χ1v) is 10.9. The highest BCUT2D eigenvalue weighted by atomic mass is 19.1. The number of piperazine rings is 1. The average Bonchev–Trinajstić information content (AvgIpc) is 3.21. The topological polar surface area (TPSA) is 63.5 Å². The molecule has 3 saturated heterocycles. The molecule has 1 amide bonds. The summed E-state index contributed by atoms with van der Waals surface area (Å²) in [6.07, 6.45) is 8.52. The van der Waals surface area contributed by atoms with Crippen LogP contribution < -0.4 is 4.90 Å². The first-order valence-electron chi connectivity index (χ1n) is 10.9.